The van der Waals surface area contributed by atoms with Crippen LogP contribution in [0.3, 0.4) is 0 Å². The number of aromatic nitrogens is 1. The van der Waals surface area contributed by atoms with Crippen LogP contribution in [0, 0.1) is 0 Å². The van der Waals surface area contributed by atoms with Gasteiger partial charge in [-0.25, -0.2) is 4.98 Å². The van der Waals surface area contributed by atoms with Gasteiger partial charge in [0, 0.05) is 6.20 Å². The second-order valence-corrected chi connectivity index (χ2v) is 2.24. The lowest BCUT2D eigenvalue weighted by Crippen LogP contribution is -1.86. The van der Waals surface area contributed by atoms with E-state index in [9.17, 15) is 0 Å². The van der Waals surface area contributed by atoms with Crippen molar-refractivity contribution in [2.45, 2.75) is 0 Å². The lowest BCUT2D eigenvalue weighted by atomic mass is 10.4. The molecule has 9 heavy (non-hydrogen) atoms. The maximum atomic E-state index is 5.56. The molecule has 0 saturated carbocycles. The highest BCUT2D eigenvalue weighted by Gasteiger charge is 1.99. The Morgan fingerprint density at radius 1 is 1.44 bits per heavy atom. The van der Waals surface area contributed by atoms with Crippen LogP contribution >= 0.6 is 23.2 Å². The minimum absolute atomic E-state index is 0.247. The van der Waals surface area contributed by atoms with Crippen molar-refractivity contribution in [3.8, 4) is 0 Å². The number of nitrogens with two attached hydrogens (primary N) is 1. The van der Waals surface area contributed by atoms with Crippen LogP contribution in [0.5, 0.6) is 0 Å². The van der Waals surface area contributed by atoms with Crippen LogP contribution in [0.15, 0.2) is 12.3 Å². The molecule has 1 heterocycles. The summed E-state index contributed by atoms with van der Waals surface area (Å²) < 4.78 is 0. The summed E-state index contributed by atoms with van der Waals surface area (Å²) in [5, 5.41) is 0.566. The van der Waals surface area contributed by atoms with Crippen molar-refractivity contribution in [1.29, 1.82) is 0 Å². The van der Waals surface area contributed by atoms with Gasteiger partial charge in [0.2, 0.25) is 0 Å². The molecule has 48 valence electrons. The van der Waals surface area contributed by atoms with Crippen molar-refractivity contribution in [3.63, 3.8) is 0 Å². The highest BCUT2D eigenvalue weighted by Crippen LogP contribution is 2.24. The Morgan fingerprint density at radius 2 is 2.11 bits per heavy atom. The first-order valence-corrected chi connectivity index (χ1v) is 3.03. The van der Waals surface area contributed by atoms with E-state index >= 15 is 0 Å². The second kappa shape index (κ2) is 2.42. The minimum Gasteiger partial charge on any atom is -0.397 e. The average Bonchev–Trinajstić information content (AvgIpc) is 1.83. The maximum Gasteiger partial charge on any atom is 0.149 e. The maximum absolute atomic E-state index is 5.56. The van der Waals surface area contributed by atoms with Gasteiger partial charge in [0.15, 0.2) is 0 Å². The average molecular weight is 163 g/mol. The Morgan fingerprint density at radius 3 is 2.56 bits per heavy atom. The van der Waals surface area contributed by atoms with Gasteiger partial charge in [-0.2, -0.15) is 0 Å². The summed E-state index contributed by atoms with van der Waals surface area (Å²) in [6.07, 6.45) is 1.50. The lowest BCUT2D eigenvalue weighted by Gasteiger charge is -1.95. The Kier molecular flexibility index (Phi) is 1.78. The van der Waals surface area contributed by atoms with E-state index < -0.39 is 0 Å². The smallest absolute Gasteiger partial charge is 0.149 e. The van der Waals surface area contributed by atoms with Gasteiger partial charge in [0.25, 0.3) is 0 Å². The molecule has 2 N–H and O–H groups in total. The molecule has 0 aliphatic heterocycles. The van der Waals surface area contributed by atoms with E-state index in [2.05, 4.69) is 4.98 Å². The van der Waals surface area contributed by atoms with E-state index in [1.165, 1.54) is 6.20 Å². The number of nitrogen functional groups attached to an aromatic ring is 1. The Hall–Kier alpha value is -0.470. The van der Waals surface area contributed by atoms with Crippen molar-refractivity contribution >= 4 is 28.9 Å². The molecule has 0 atom stereocenters. The largest absolute Gasteiger partial charge is 0.397 e. The van der Waals surface area contributed by atoms with Gasteiger partial charge in [0.1, 0.15) is 10.2 Å². The second-order valence-electron chi connectivity index (χ2n) is 1.50. The molecule has 0 aliphatic rings. The van der Waals surface area contributed by atoms with Gasteiger partial charge in [-0.3, -0.25) is 0 Å². The first kappa shape index (κ1) is 6.65. The third kappa shape index (κ3) is 1.26. The first-order chi connectivity index (χ1) is 4.22. The molecule has 0 saturated heterocycles. The lowest BCUT2D eigenvalue weighted by molar-refractivity contribution is 1.33. The first-order valence-electron chi connectivity index (χ1n) is 2.27. The SMILES string of the molecule is Nc1ccnc(Cl)c1Cl. The zero-order chi connectivity index (χ0) is 6.85. The molecule has 0 radical (unpaired) electrons. The Labute approximate surface area is 62.6 Å². The van der Waals surface area contributed by atoms with Crippen molar-refractivity contribution in [2.75, 3.05) is 5.73 Å². The zero-order valence-corrected chi connectivity index (χ0v) is 5.95. The monoisotopic (exact) mass is 162 g/mol. The predicted octanol–water partition coefficient (Wildman–Crippen LogP) is 1.97. The predicted molar refractivity (Wildman–Crippen MR) is 38.7 cm³/mol. The normalized spacial score (nSPS) is 9.56. The number of hydrogen-bond donors (Lipinski definition) is 1. The summed E-state index contributed by atoms with van der Waals surface area (Å²) in [6.45, 7) is 0. The molecule has 1 aromatic heterocycles. The number of nitrogens with zero attached hydrogens (tertiary/aromatic N) is 1. The molecule has 0 amide bonds. The van der Waals surface area contributed by atoms with E-state index in [-0.39, 0.29) is 5.15 Å². The van der Waals surface area contributed by atoms with Gasteiger partial charge in [-0.15, -0.1) is 0 Å². The van der Waals surface area contributed by atoms with Crippen molar-refractivity contribution < 1.29 is 0 Å². The minimum atomic E-state index is 0.247. The summed E-state index contributed by atoms with van der Waals surface area (Å²) in [4.78, 5) is 3.69. The Bertz CT molecular complexity index is 204. The van der Waals surface area contributed by atoms with Crippen molar-refractivity contribution in [3.05, 3.63) is 22.4 Å². The van der Waals surface area contributed by atoms with Gasteiger partial charge in [-0.05, 0) is 6.07 Å². The van der Waals surface area contributed by atoms with Crippen molar-refractivity contribution in [2.24, 2.45) is 0 Å². The summed E-state index contributed by atoms with van der Waals surface area (Å²) in [5.74, 6) is 0. The fraction of sp³-hybridized carbons (Fsp3) is 0. The van der Waals surface area contributed by atoms with Crippen LogP contribution < -0.4 is 5.73 Å². The number of halogens is 2. The molecular formula is C5H4Cl2N2. The summed E-state index contributed by atoms with van der Waals surface area (Å²) in [7, 11) is 0. The van der Waals surface area contributed by atoms with E-state index in [4.69, 9.17) is 28.9 Å². The van der Waals surface area contributed by atoms with Crippen LogP contribution in [-0.4, -0.2) is 4.98 Å². The van der Waals surface area contributed by atoms with Crippen LogP contribution in [0.4, 0.5) is 5.69 Å². The number of rotatable bonds is 0. The quantitative estimate of drug-likeness (QED) is 0.593. The third-order valence-electron chi connectivity index (χ3n) is 0.877. The van der Waals surface area contributed by atoms with Gasteiger partial charge in [0.05, 0.1) is 5.69 Å². The molecule has 1 rings (SSSR count). The fourth-order valence-electron chi connectivity index (χ4n) is 0.432. The summed E-state index contributed by atoms with van der Waals surface area (Å²) >= 11 is 11.0. The fourth-order valence-corrected chi connectivity index (χ4v) is 0.709. The van der Waals surface area contributed by atoms with Crippen molar-refractivity contribution in [1.82, 2.24) is 4.98 Å². The molecule has 4 heteroatoms. The van der Waals surface area contributed by atoms with Gasteiger partial charge < -0.3 is 5.73 Å². The standard InChI is InChI=1S/C5H4Cl2N2/c6-4-3(8)1-2-9-5(4)7/h1-2H,(H2,8,9). The van der Waals surface area contributed by atoms with E-state index in [0.29, 0.717) is 10.7 Å². The summed E-state index contributed by atoms with van der Waals surface area (Å²) in [5.41, 5.74) is 5.82. The number of pyridine rings is 1. The van der Waals surface area contributed by atoms with Gasteiger partial charge in [-0.1, -0.05) is 23.2 Å². The molecule has 0 aromatic carbocycles. The molecule has 1 aromatic rings. The zero-order valence-electron chi connectivity index (χ0n) is 4.44. The Balaban J connectivity index is 3.25. The van der Waals surface area contributed by atoms with Gasteiger partial charge >= 0.3 is 0 Å². The summed E-state index contributed by atoms with van der Waals surface area (Å²) in [6, 6.07) is 1.59. The molecule has 2 nitrogen and oxygen atoms in total. The third-order valence-corrected chi connectivity index (χ3v) is 1.66. The van der Waals surface area contributed by atoms with Crippen LogP contribution in [0.1, 0.15) is 0 Å². The highest BCUT2D eigenvalue weighted by atomic mass is 35.5. The van der Waals surface area contributed by atoms with Crippen LogP contribution in [-0.2, 0) is 0 Å². The van der Waals surface area contributed by atoms with E-state index in [1.54, 1.807) is 6.07 Å². The molecule has 0 aliphatic carbocycles. The highest BCUT2D eigenvalue weighted by molar-refractivity contribution is 6.42. The number of anilines is 1. The molecule has 0 bridgehead atoms. The molecular weight excluding hydrogens is 159 g/mol. The van der Waals surface area contributed by atoms with Crippen LogP contribution in [0.2, 0.25) is 10.2 Å². The molecule has 0 spiro atoms. The number of hydrogen-bond acceptors (Lipinski definition) is 2. The van der Waals surface area contributed by atoms with Crippen LogP contribution in [0.25, 0.3) is 0 Å². The molecule has 0 fully saturated rings. The van der Waals surface area contributed by atoms with E-state index in [0.717, 1.165) is 0 Å². The topological polar surface area (TPSA) is 38.9 Å². The van der Waals surface area contributed by atoms with E-state index in [1.807, 2.05) is 0 Å². The molecule has 0 unspecified atom stereocenters.